The van der Waals surface area contributed by atoms with Crippen LogP contribution >= 0.6 is 15.9 Å². The maximum absolute atomic E-state index is 12.0. The zero-order chi connectivity index (χ0) is 21.0. The molecule has 0 fully saturated rings. The molecule has 0 spiro atoms. The van der Waals surface area contributed by atoms with Crippen molar-refractivity contribution in [1.82, 2.24) is 5.43 Å². The number of halogens is 1. The van der Waals surface area contributed by atoms with Gasteiger partial charge in [0.2, 0.25) is 0 Å². The number of nitrogens with one attached hydrogen (secondary N) is 1. The minimum atomic E-state index is -0.565. The van der Waals surface area contributed by atoms with Crippen LogP contribution < -0.4 is 5.43 Å². The second-order valence-corrected chi connectivity index (χ2v) is 6.54. The van der Waals surface area contributed by atoms with Gasteiger partial charge in [-0.05, 0) is 36.4 Å². The highest BCUT2D eigenvalue weighted by Crippen LogP contribution is 2.33. The minimum absolute atomic E-state index is 0.122. The van der Waals surface area contributed by atoms with E-state index in [0.717, 1.165) is 0 Å². The first-order chi connectivity index (χ1) is 13.8. The SMILES string of the molecule is O=C(N/N=C/c1ccc(-c2ccc(Br)cc2[N+](=O)[O-])o1)c1ccc([N+](=O)[O-])cc1. The Hall–Kier alpha value is -3.86. The minimum Gasteiger partial charge on any atom is -0.455 e. The first-order valence-electron chi connectivity index (χ1n) is 7.97. The van der Waals surface area contributed by atoms with E-state index in [-0.39, 0.29) is 28.5 Å². The molecular weight excluding hydrogens is 448 g/mol. The Bertz CT molecular complexity index is 1120. The van der Waals surface area contributed by atoms with E-state index >= 15 is 0 Å². The second kappa shape index (κ2) is 8.44. The van der Waals surface area contributed by atoms with Crippen molar-refractivity contribution in [3.8, 4) is 11.3 Å². The van der Waals surface area contributed by atoms with E-state index in [1.807, 2.05) is 0 Å². The number of nitrogens with zero attached hydrogens (tertiary/aromatic N) is 3. The van der Waals surface area contributed by atoms with Crippen LogP contribution in [0.4, 0.5) is 11.4 Å². The fourth-order valence-electron chi connectivity index (χ4n) is 2.38. The molecule has 29 heavy (non-hydrogen) atoms. The number of furan rings is 1. The molecule has 3 rings (SSSR count). The van der Waals surface area contributed by atoms with E-state index in [4.69, 9.17) is 4.42 Å². The summed E-state index contributed by atoms with van der Waals surface area (Å²) in [7, 11) is 0. The molecule has 11 heteroatoms. The number of nitro groups is 2. The summed E-state index contributed by atoms with van der Waals surface area (Å²) in [5.41, 5.74) is 2.51. The Morgan fingerprint density at radius 2 is 1.76 bits per heavy atom. The van der Waals surface area contributed by atoms with Crippen LogP contribution in [0.2, 0.25) is 0 Å². The number of hydrogen-bond donors (Lipinski definition) is 1. The lowest BCUT2D eigenvalue weighted by molar-refractivity contribution is -0.384. The predicted octanol–water partition coefficient (Wildman–Crippen LogP) is 4.29. The molecule has 0 saturated carbocycles. The Kier molecular flexibility index (Phi) is 5.79. The van der Waals surface area contributed by atoms with Crippen LogP contribution in [-0.4, -0.2) is 22.0 Å². The van der Waals surface area contributed by atoms with E-state index in [2.05, 4.69) is 26.5 Å². The summed E-state index contributed by atoms with van der Waals surface area (Å²) in [6.07, 6.45) is 1.23. The number of rotatable bonds is 6. The standard InChI is InChI=1S/C18H11BrN4O6/c19-12-3-7-15(16(9-12)23(27)28)17-8-6-14(29-17)10-20-21-18(24)11-1-4-13(5-2-11)22(25)26/h1-10H,(H,21,24)/b20-10+. The highest BCUT2D eigenvalue weighted by atomic mass is 79.9. The van der Waals surface area contributed by atoms with Crippen molar-refractivity contribution in [3.05, 3.63) is 90.6 Å². The van der Waals surface area contributed by atoms with E-state index in [0.29, 0.717) is 10.0 Å². The summed E-state index contributed by atoms with van der Waals surface area (Å²) in [5.74, 6) is -0.0277. The molecule has 10 nitrogen and oxygen atoms in total. The number of non-ortho nitro benzene ring substituents is 1. The van der Waals surface area contributed by atoms with Gasteiger partial charge in [-0.25, -0.2) is 5.43 Å². The van der Waals surface area contributed by atoms with Crippen LogP contribution in [0.25, 0.3) is 11.3 Å². The average molecular weight is 459 g/mol. The fourth-order valence-corrected chi connectivity index (χ4v) is 2.73. The molecule has 0 atom stereocenters. The maximum Gasteiger partial charge on any atom is 0.281 e. The number of carbonyl (C=O) groups excluding carboxylic acids is 1. The lowest BCUT2D eigenvalue weighted by atomic mass is 10.1. The molecule has 0 unspecified atom stereocenters. The monoisotopic (exact) mass is 458 g/mol. The van der Waals surface area contributed by atoms with Gasteiger partial charge in [-0.15, -0.1) is 0 Å². The van der Waals surface area contributed by atoms with Crippen LogP contribution in [0.15, 0.2) is 68.6 Å². The predicted molar refractivity (Wildman–Crippen MR) is 107 cm³/mol. The summed E-state index contributed by atoms with van der Waals surface area (Å²) in [6, 6.07) is 12.7. The molecule has 0 bridgehead atoms. The quantitative estimate of drug-likeness (QED) is 0.331. The first kappa shape index (κ1) is 19.9. The largest absolute Gasteiger partial charge is 0.455 e. The van der Waals surface area contributed by atoms with Gasteiger partial charge >= 0.3 is 0 Å². The number of hydrazone groups is 1. The van der Waals surface area contributed by atoms with Gasteiger partial charge in [0.05, 0.1) is 21.6 Å². The van der Waals surface area contributed by atoms with Crippen molar-refractivity contribution >= 4 is 39.4 Å². The first-order valence-corrected chi connectivity index (χ1v) is 8.76. The number of hydrogen-bond acceptors (Lipinski definition) is 7. The van der Waals surface area contributed by atoms with Crippen molar-refractivity contribution in [3.63, 3.8) is 0 Å². The number of nitro benzene ring substituents is 2. The Morgan fingerprint density at radius 1 is 1.03 bits per heavy atom. The molecule has 0 radical (unpaired) electrons. The van der Waals surface area contributed by atoms with Crippen molar-refractivity contribution < 1.29 is 19.1 Å². The smallest absolute Gasteiger partial charge is 0.281 e. The molecule has 1 N–H and O–H groups in total. The zero-order valence-electron chi connectivity index (χ0n) is 14.4. The number of carbonyl (C=O) groups is 1. The van der Waals surface area contributed by atoms with Crippen LogP contribution in [0.1, 0.15) is 16.1 Å². The van der Waals surface area contributed by atoms with Gasteiger partial charge in [-0.3, -0.25) is 25.0 Å². The summed E-state index contributed by atoms with van der Waals surface area (Å²) in [5, 5.41) is 25.6. The third kappa shape index (κ3) is 4.71. The Labute approximate surface area is 171 Å². The second-order valence-electron chi connectivity index (χ2n) is 5.62. The van der Waals surface area contributed by atoms with Gasteiger partial charge < -0.3 is 4.42 Å². The molecule has 1 aromatic heterocycles. The van der Waals surface area contributed by atoms with Crippen LogP contribution in [0.5, 0.6) is 0 Å². The number of amides is 1. The topological polar surface area (TPSA) is 141 Å². The molecule has 0 aliphatic heterocycles. The van der Waals surface area contributed by atoms with Crippen molar-refractivity contribution in [2.24, 2.45) is 5.10 Å². The molecule has 146 valence electrons. The van der Waals surface area contributed by atoms with E-state index < -0.39 is 15.8 Å². The number of benzene rings is 2. The van der Waals surface area contributed by atoms with Crippen LogP contribution in [0, 0.1) is 20.2 Å². The molecule has 1 amide bonds. The van der Waals surface area contributed by atoms with Crippen LogP contribution in [0.3, 0.4) is 0 Å². The Balaban J connectivity index is 1.70. The van der Waals surface area contributed by atoms with Crippen molar-refractivity contribution in [1.29, 1.82) is 0 Å². The van der Waals surface area contributed by atoms with Gasteiger partial charge in [0.25, 0.3) is 17.3 Å². The van der Waals surface area contributed by atoms with Crippen molar-refractivity contribution in [2.45, 2.75) is 0 Å². The van der Waals surface area contributed by atoms with Gasteiger partial charge in [0, 0.05) is 28.2 Å². The van der Waals surface area contributed by atoms with E-state index in [9.17, 15) is 25.0 Å². The average Bonchev–Trinajstić information content (AvgIpc) is 3.16. The van der Waals surface area contributed by atoms with Gasteiger partial charge in [0.15, 0.2) is 0 Å². The molecule has 2 aromatic carbocycles. The molecule has 0 aliphatic carbocycles. The van der Waals surface area contributed by atoms with Gasteiger partial charge in [-0.1, -0.05) is 15.9 Å². The lowest BCUT2D eigenvalue weighted by Crippen LogP contribution is -2.17. The third-order valence-corrected chi connectivity index (χ3v) is 4.24. The van der Waals surface area contributed by atoms with Crippen molar-refractivity contribution in [2.75, 3.05) is 0 Å². The van der Waals surface area contributed by atoms with E-state index in [1.54, 1.807) is 24.3 Å². The highest BCUT2D eigenvalue weighted by Gasteiger charge is 2.18. The third-order valence-electron chi connectivity index (χ3n) is 3.75. The summed E-state index contributed by atoms with van der Waals surface area (Å²) < 4.78 is 6.10. The van der Waals surface area contributed by atoms with Gasteiger partial charge in [-0.2, -0.15) is 5.10 Å². The summed E-state index contributed by atoms with van der Waals surface area (Å²) in [4.78, 5) is 32.8. The van der Waals surface area contributed by atoms with E-state index in [1.165, 1.54) is 36.5 Å². The maximum atomic E-state index is 12.0. The fraction of sp³-hybridized carbons (Fsp3) is 0. The summed E-state index contributed by atoms with van der Waals surface area (Å²) in [6.45, 7) is 0. The normalized spacial score (nSPS) is 10.8. The highest BCUT2D eigenvalue weighted by molar-refractivity contribution is 9.10. The molecule has 0 saturated heterocycles. The molecular formula is C18H11BrN4O6. The molecule has 3 aromatic rings. The van der Waals surface area contributed by atoms with Gasteiger partial charge in [0.1, 0.15) is 11.5 Å². The zero-order valence-corrected chi connectivity index (χ0v) is 16.0. The van der Waals surface area contributed by atoms with Crippen LogP contribution in [-0.2, 0) is 0 Å². The summed E-state index contributed by atoms with van der Waals surface area (Å²) >= 11 is 3.19. The molecule has 0 aliphatic rings. The molecule has 1 heterocycles. The Morgan fingerprint density at radius 3 is 2.41 bits per heavy atom. The lowest BCUT2D eigenvalue weighted by Gasteiger charge is -2.00.